The third-order valence-electron chi connectivity index (χ3n) is 4.53. The summed E-state index contributed by atoms with van der Waals surface area (Å²) in [6.07, 6.45) is 2.59. The van der Waals surface area contributed by atoms with Gasteiger partial charge >= 0.3 is 5.97 Å². The lowest BCUT2D eigenvalue weighted by Crippen LogP contribution is -2.42. The third-order valence-corrected chi connectivity index (χ3v) is 4.53. The van der Waals surface area contributed by atoms with Crippen LogP contribution < -0.4 is 10.1 Å². The Bertz CT molecular complexity index is 833. The van der Waals surface area contributed by atoms with Crippen molar-refractivity contribution in [2.45, 2.75) is 25.4 Å². The average molecular weight is 386 g/mol. The van der Waals surface area contributed by atoms with E-state index in [0.29, 0.717) is 25.1 Å². The molecule has 1 aromatic heterocycles. The molecule has 2 aromatic rings. The second kappa shape index (κ2) is 9.07. The predicted molar refractivity (Wildman–Crippen MR) is 98.6 cm³/mol. The van der Waals surface area contributed by atoms with Gasteiger partial charge in [0.15, 0.2) is 12.4 Å². The average Bonchev–Trinajstić information content (AvgIpc) is 3.42. The number of hydrogen-bond donors (Lipinski definition) is 1. The standard InChI is InChI=1S/C20H22N2O6/c1-26-16-8-3-2-6-14(16)12-21-18(23)13-28-20(25)15-7-4-10-22(15)19(24)17-9-5-11-27-17/h2-3,5-6,8-9,11,15H,4,7,10,12-13H2,1H3,(H,21,23)/t15-/m0/s1. The van der Waals surface area contributed by atoms with Gasteiger partial charge in [-0.15, -0.1) is 0 Å². The lowest BCUT2D eigenvalue weighted by atomic mass is 10.2. The summed E-state index contributed by atoms with van der Waals surface area (Å²) in [6, 6.07) is 9.77. The minimum absolute atomic E-state index is 0.175. The number of ether oxygens (including phenoxy) is 2. The maximum atomic E-state index is 12.4. The number of carbonyl (C=O) groups is 3. The van der Waals surface area contributed by atoms with Gasteiger partial charge in [0.1, 0.15) is 11.8 Å². The Morgan fingerprint density at radius 3 is 2.79 bits per heavy atom. The molecule has 0 saturated carbocycles. The van der Waals surface area contributed by atoms with Crippen molar-refractivity contribution in [3.8, 4) is 5.75 Å². The van der Waals surface area contributed by atoms with E-state index in [1.54, 1.807) is 25.3 Å². The molecule has 0 radical (unpaired) electrons. The molecule has 148 valence electrons. The summed E-state index contributed by atoms with van der Waals surface area (Å²) in [5, 5.41) is 2.68. The Kier molecular flexibility index (Phi) is 6.31. The van der Waals surface area contributed by atoms with Gasteiger partial charge in [0.25, 0.3) is 11.8 Å². The van der Waals surface area contributed by atoms with Gasteiger partial charge in [-0.2, -0.15) is 0 Å². The summed E-state index contributed by atoms with van der Waals surface area (Å²) in [7, 11) is 1.56. The van der Waals surface area contributed by atoms with E-state index in [4.69, 9.17) is 13.9 Å². The number of carbonyl (C=O) groups excluding carboxylic acids is 3. The Labute approximate surface area is 162 Å². The second-order valence-electron chi connectivity index (χ2n) is 6.33. The molecule has 1 aromatic carbocycles. The molecule has 8 heteroatoms. The second-order valence-corrected chi connectivity index (χ2v) is 6.33. The molecule has 8 nitrogen and oxygen atoms in total. The molecule has 28 heavy (non-hydrogen) atoms. The van der Waals surface area contributed by atoms with Crippen LogP contribution in [0.3, 0.4) is 0 Å². The fourth-order valence-electron chi connectivity index (χ4n) is 3.12. The molecule has 1 saturated heterocycles. The highest BCUT2D eigenvalue weighted by Gasteiger charge is 2.36. The van der Waals surface area contributed by atoms with Gasteiger partial charge in [0.05, 0.1) is 13.4 Å². The number of rotatable bonds is 7. The lowest BCUT2D eigenvalue weighted by molar-refractivity contribution is -0.152. The van der Waals surface area contributed by atoms with Gasteiger partial charge in [0, 0.05) is 18.7 Å². The molecule has 0 spiro atoms. The van der Waals surface area contributed by atoms with Crippen LogP contribution >= 0.6 is 0 Å². The third kappa shape index (κ3) is 4.51. The highest BCUT2D eigenvalue weighted by molar-refractivity contribution is 5.95. The van der Waals surface area contributed by atoms with Crippen LogP contribution in [0.25, 0.3) is 0 Å². The number of esters is 1. The Morgan fingerprint density at radius 2 is 2.04 bits per heavy atom. The Hall–Kier alpha value is -3.29. The topological polar surface area (TPSA) is 98.1 Å². The molecule has 2 amide bonds. The van der Waals surface area contributed by atoms with Crippen molar-refractivity contribution in [3.05, 3.63) is 54.0 Å². The first-order valence-corrected chi connectivity index (χ1v) is 9.00. The van der Waals surface area contributed by atoms with E-state index in [1.807, 2.05) is 18.2 Å². The minimum atomic E-state index is -0.709. The van der Waals surface area contributed by atoms with Crippen LogP contribution in [-0.4, -0.2) is 49.0 Å². The normalized spacial score (nSPS) is 15.9. The number of amides is 2. The molecule has 1 N–H and O–H groups in total. The molecule has 3 rings (SSSR count). The zero-order chi connectivity index (χ0) is 19.9. The number of likely N-dealkylation sites (tertiary alicyclic amines) is 1. The van der Waals surface area contributed by atoms with Crippen molar-refractivity contribution < 1.29 is 28.3 Å². The van der Waals surface area contributed by atoms with E-state index < -0.39 is 24.5 Å². The van der Waals surface area contributed by atoms with Crippen LogP contribution in [0.5, 0.6) is 5.75 Å². The summed E-state index contributed by atoms with van der Waals surface area (Å²) in [5.41, 5.74) is 0.815. The van der Waals surface area contributed by atoms with Crippen LogP contribution in [-0.2, 0) is 20.9 Å². The van der Waals surface area contributed by atoms with Crippen molar-refractivity contribution in [3.63, 3.8) is 0 Å². The van der Waals surface area contributed by atoms with Crippen LogP contribution in [0.1, 0.15) is 29.0 Å². The largest absolute Gasteiger partial charge is 0.496 e. The molecule has 1 aliphatic rings. The quantitative estimate of drug-likeness (QED) is 0.728. The number of nitrogens with zero attached hydrogens (tertiary/aromatic N) is 1. The lowest BCUT2D eigenvalue weighted by Gasteiger charge is -2.22. The van der Waals surface area contributed by atoms with Crippen molar-refractivity contribution in [1.82, 2.24) is 10.2 Å². The van der Waals surface area contributed by atoms with E-state index in [9.17, 15) is 14.4 Å². The van der Waals surface area contributed by atoms with Crippen LogP contribution in [0.2, 0.25) is 0 Å². The SMILES string of the molecule is COc1ccccc1CNC(=O)COC(=O)[C@@H]1CCCN1C(=O)c1ccco1. The van der Waals surface area contributed by atoms with Gasteiger partial charge in [-0.1, -0.05) is 18.2 Å². The van der Waals surface area contributed by atoms with Crippen molar-refractivity contribution in [1.29, 1.82) is 0 Å². The van der Waals surface area contributed by atoms with Gasteiger partial charge in [-0.05, 0) is 31.0 Å². The summed E-state index contributed by atoms with van der Waals surface area (Å²) in [4.78, 5) is 38.2. The summed E-state index contributed by atoms with van der Waals surface area (Å²) < 4.78 is 15.5. The summed E-state index contributed by atoms with van der Waals surface area (Å²) >= 11 is 0. The Balaban J connectivity index is 1.49. The molecule has 0 aliphatic carbocycles. The highest BCUT2D eigenvalue weighted by atomic mass is 16.5. The van der Waals surface area contributed by atoms with Crippen LogP contribution in [0.15, 0.2) is 47.1 Å². The van der Waals surface area contributed by atoms with Crippen LogP contribution in [0.4, 0.5) is 0 Å². The number of benzene rings is 1. The number of nitrogens with one attached hydrogen (secondary N) is 1. The molecule has 1 aliphatic heterocycles. The van der Waals surface area contributed by atoms with Crippen molar-refractivity contribution in [2.24, 2.45) is 0 Å². The molecular formula is C20H22N2O6. The predicted octanol–water partition coefficient (Wildman–Crippen LogP) is 1.75. The molecule has 0 bridgehead atoms. The number of furan rings is 1. The fraction of sp³-hybridized carbons (Fsp3) is 0.350. The molecular weight excluding hydrogens is 364 g/mol. The zero-order valence-electron chi connectivity index (χ0n) is 15.6. The number of hydrogen-bond acceptors (Lipinski definition) is 6. The molecule has 2 heterocycles. The zero-order valence-corrected chi connectivity index (χ0v) is 15.6. The molecule has 0 unspecified atom stereocenters. The molecule has 1 atom stereocenters. The first-order valence-electron chi connectivity index (χ1n) is 9.00. The maximum Gasteiger partial charge on any atom is 0.329 e. The van der Waals surface area contributed by atoms with Gasteiger partial charge in [-0.3, -0.25) is 9.59 Å². The van der Waals surface area contributed by atoms with Gasteiger partial charge in [0.2, 0.25) is 0 Å². The highest BCUT2D eigenvalue weighted by Crippen LogP contribution is 2.21. The van der Waals surface area contributed by atoms with Crippen molar-refractivity contribution in [2.75, 3.05) is 20.3 Å². The number of para-hydroxylation sites is 1. The number of methoxy groups -OCH3 is 1. The van der Waals surface area contributed by atoms with E-state index >= 15 is 0 Å². The van der Waals surface area contributed by atoms with Gasteiger partial charge in [-0.25, -0.2) is 4.79 Å². The smallest absolute Gasteiger partial charge is 0.329 e. The van der Waals surface area contributed by atoms with E-state index in [2.05, 4.69) is 5.32 Å². The summed E-state index contributed by atoms with van der Waals surface area (Å²) in [6.45, 7) is 0.291. The monoisotopic (exact) mass is 386 g/mol. The van der Waals surface area contributed by atoms with E-state index in [-0.39, 0.29) is 18.2 Å². The first kappa shape index (κ1) is 19.5. The Morgan fingerprint density at radius 1 is 1.21 bits per heavy atom. The van der Waals surface area contributed by atoms with Crippen LogP contribution in [0, 0.1) is 0 Å². The maximum absolute atomic E-state index is 12.4. The van der Waals surface area contributed by atoms with Crippen molar-refractivity contribution >= 4 is 17.8 Å². The van der Waals surface area contributed by atoms with E-state index in [1.165, 1.54) is 11.2 Å². The fourth-order valence-corrected chi connectivity index (χ4v) is 3.12. The van der Waals surface area contributed by atoms with E-state index in [0.717, 1.165) is 5.56 Å². The van der Waals surface area contributed by atoms with Gasteiger partial charge < -0.3 is 24.1 Å². The first-order chi connectivity index (χ1) is 13.6. The minimum Gasteiger partial charge on any atom is -0.496 e. The summed E-state index contributed by atoms with van der Waals surface area (Å²) in [5.74, 6) is -0.539. The molecule has 1 fully saturated rings.